The number of fused-ring (bicyclic) bond motifs is 4. The molecule has 9 aromatic carbocycles. The SMILES string of the molecule is Cc1ccc(N2c3ccc(C)cc3B3c4ccc(N(c5ccccc5)c5ccccc5)cc4N(c4ccccc4)c4cc(N(c5ccccc5)c5ccccc5)cc2c43)cc1. The van der Waals surface area contributed by atoms with Crippen LogP contribution in [0.25, 0.3) is 0 Å². The third kappa shape index (κ3) is 6.34. The van der Waals surface area contributed by atoms with Crippen LogP contribution in [0.1, 0.15) is 11.1 Å². The average Bonchev–Trinajstić information content (AvgIpc) is 3.31. The molecule has 2 aliphatic rings. The summed E-state index contributed by atoms with van der Waals surface area (Å²) in [5.41, 5.74) is 19.8. The number of hydrogen-bond acceptors (Lipinski definition) is 4. The maximum Gasteiger partial charge on any atom is 0.252 e. The Kier molecular flexibility index (Phi) is 9.01. The van der Waals surface area contributed by atoms with E-state index in [2.05, 4.69) is 258 Å². The lowest BCUT2D eigenvalue weighted by Crippen LogP contribution is -2.61. The second-order valence-electron chi connectivity index (χ2n) is 16.0. The minimum Gasteiger partial charge on any atom is -0.311 e. The van der Waals surface area contributed by atoms with Crippen LogP contribution in [0.2, 0.25) is 0 Å². The van der Waals surface area contributed by atoms with E-state index in [0.717, 1.165) is 56.9 Å². The highest BCUT2D eigenvalue weighted by Gasteiger charge is 2.44. The Hall–Kier alpha value is -7.76. The van der Waals surface area contributed by atoms with Gasteiger partial charge in [0.25, 0.3) is 6.71 Å². The summed E-state index contributed by atoms with van der Waals surface area (Å²) >= 11 is 0. The van der Waals surface area contributed by atoms with Crippen LogP contribution in [-0.2, 0) is 0 Å². The Morgan fingerprint density at radius 1 is 0.311 bits per heavy atom. The maximum atomic E-state index is 2.51. The quantitative estimate of drug-likeness (QED) is 0.142. The molecule has 0 spiro atoms. The Morgan fingerprint density at radius 2 is 0.738 bits per heavy atom. The molecule has 2 heterocycles. The van der Waals surface area contributed by atoms with Gasteiger partial charge in [-0.1, -0.05) is 132 Å². The predicted molar refractivity (Wildman–Crippen MR) is 259 cm³/mol. The van der Waals surface area contributed by atoms with E-state index in [1.54, 1.807) is 0 Å². The van der Waals surface area contributed by atoms with Gasteiger partial charge in [0, 0.05) is 62.6 Å². The van der Waals surface area contributed by atoms with E-state index >= 15 is 0 Å². The monoisotopic (exact) mass is 782 g/mol. The summed E-state index contributed by atoms with van der Waals surface area (Å²) in [6.07, 6.45) is 0. The highest BCUT2D eigenvalue weighted by Crippen LogP contribution is 2.49. The van der Waals surface area contributed by atoms with Crippen LogP contribution in [0.5, 0.6) is 0 Å². The van der Waals surface area contributed by atoms with Crippen LogP contribution in [0, 0.1) is 13.8 Å². The largest absolute Gasteiger partial charge is 0.311 e. The first-order chi connectivity index (χ1) is 30.1. The average molecular weight is 783 g/mol. The van der Waals surface area contributed by atoms with E-state index in [1.165, 1.54) is 38.9 Å². The second kappa shape index (κ2) is 15.1. The fourth-order valence-electron chi connectivity index (χ4n) is 9.39. The number of rotatable bonds is 8. The topological polar surface area (TPSA) is 13.0 Å². The lowest BCUT2D eigenvalue weighted by molar-refractivity contribution is 1.22. The van der Waals surface area contributed by atoms with Gasteiger partial charge in [-0.15, -0.1) is 0 Å². The van der Waals surface area contributed by atoms with Crippen molar-refractivity contribution in [1.82, 2.24) is 0 Å². The van der Waals surface area contributed by atoms with Crippen LogP contribution in [0.3, 0.4) is 0 Å². The number of anilines is 12. The molecule has 0 N–H and O–H groups in total. The highest BCUT2D eigenvalue weighted by molar-refractivity contribution is 7.00. The molecule has 290 valence electrons. The van der Waals surface area contributed by atoms with Crippen molar-refractivity contribution in [2.24, 2.45) is 0 Å². The van der Waals surface area contributed by atoms with Crippen LogP contribution >= 0.6 is 0 Å². The molecule has 61 heavy (non-hydrogen) atoms. The Morgan fingerprint density at radius 3 is 1.26 bits per heavy atom. The maximum absolute atomic E-state index is 2.51. The Balaban J connectivity index is 1.24. The van der Waals surface area contributed by atoms with E-state index in [0.29, 0.717) is 0 Å². The number of aryl methyl sites for hydroxylation is 2. The van der Waals surface area contributed by atoms with Crippen molar-refractivity contribution in [3.05, 3.63) is 236 Å². The molecular formula is C56H43BN4. The summed E-state index contributed by atoms with van der Waals surface area (Å²) in [6, 6.07) is 81.7. The van der Waals surface area contributed by atoms with E-state index in [-0.39, 0.29) is 6.71 Å². The molecule has 0 amide bonds. The zero-order valence-corrected chi connectivity index (χ0v) is 34.2. The summed E-state index contributed by atoms with van der Waals surface area (Å²) in [7, 11) is 0. The fraction of sp³-hybridized carbons (Fsp3) is 0.0357. The van der Waals surface area contributed by atoms with E-state index < -0.39 is 0 Å². The summed E-state index contributed by atoms with van der Waals surface area (Å²) in [4.78, 5) is 9.77. The lowest BCUT2D eigenvalue weighted by Gasteiger charge is -2.45. The van der Waals surface area contributed by atoms with Crippen molar-refractivity contribution in [2.45, 2.75) is 13.8 Å². The molecule has 0 atom stereocenters. The molecule has 0 radical (unpaired) electrons. The minimum absolute atomic E-state index is 0.0246. The van der Waals surface area contributed by atoms with Gasteiger partial charge in [0.15, 0.2) is 0 Å². The molecule has 2 aliphatic heterocycles. The molecule has 0 aliphatic carbocycles. The van der Waals surface area contributed by atoms with Gasteiger partial charge in [0.05, 0.1) is 5.69 Å². The Bertz CT molecular complexity index is 2920. The molecule has 0 bridgehead atoms. The first kappa shape index (κ1) is 36.3. The van der Waals surface area contributed by atoms with E-state index in [4.69, 9.17) is 0 Å². The zero-order valence-electron chi connectivity index (χ0n) is 34.2. The molecule has 5 heteroatoms. The number of benzene rings is 9. The molecular weight excluding hydrogens is 739 g/mol. The molecule has 9 aromatic rings. The molecule has 0 fully saturated rings. The van der Waals surface area contributed by atoms with Crippen LogP contribution in [0.15, 0.2) is 224 Å². The van der Waals surface area contributed by atoms with Crippen molar-refractivity contribution in [3.63, 3.8) is 0 Å². The van der Waals surface area contributed by atoms with Crippen molar-refractivity contribution < 1.29 is 0 Å². The van der Waals surface area contributed by atoms with Crippen molar-refractivity contribution in [1.29, 1.82) is 0 Å². The summed E-state index contributed by atoms with van der Waals surface area (Å²) in [5.74, 6) is 0. The Labute approximate surface area is 358 Å². The van der Waals surface area contributed by atoms with Crippen molar-refractivity contribution >= 4 is 91.3 Å². The van der Waals surface area contributed by atoms with Gasteiger partial charge in [-0.2, -0.15) is 0 Å². The zero-order chi connectivity index (χ0) is 40.9. The normalized spacial score (nSPS) is 12.3. The first-order valence-corrected chi connectivity index (χ1v) is 21.1. The molecule has 0 unspecified atom stereocenters. The van der Waals surface area contributed by atoms with Gasteiger partial charge in [0.1, 0.15) is 0 Å². The van der Waals surface area contributed by atoms with Gasteiger partial charge in [-0.05, 0) is 133 Å². The van der Waals surface area contributed by atoms with Gasteiger partial charge in [0.2, 0.25) is 0 Å². The van der Waals surface area contributed by atoms with Crippen molar-refractivity contribution in [3.8, 4) is 0 Å². The number of para-hydroxylation sites is 5. The molecule has 0 aromatic heterocycles. The number of nitrogens with zero attached hydrogens (tertiary/aromatic N) is 4. The van der Waals surface area contributed by atoms with Crippen LogP contribution in [-0.4, -0.2) is 6.71 Å². The highest BCUT2D eigenvalue weighted by atomic mass is 15.2. The van der Waals surface area contributed by atoms with Crippen molar-refractivity contribution in [2.75, 3.05) is 19.6 Å². The summed E-state index contributed by atoms with van der Waals surface area (Å²) in [6.45, 7) is 4.35. The number of hydrogen-bond donors (Lipinski definition) is 0. The lowest BCUT2D eigenvalue weighted by atomic mass is 9.33. The molecule has 11 rings (SSSR count). The third-order valence-corrected chi connectivity index (χ3v) is 12.1. The van der Waals surface area contributed by atoms with Gasteiger partial charge >= 0.3 is 0 Å². The van der Waals surface area contributed by atoms with Gasteiger partial charge < -0.3 is 19.6 Å². The third-order valence-electron chi connectivity index (χ3n) is 12.1. The molecule has 0 saturated heterocycles. The molecule has 0 saturated carbocycles. The molecule has 4 nitrogen and oxygen atoms in total. The van der Waals surface area contributed by atoms with Crippen LogP contribution < -0.4 is 36.0 Å². The van der Waals surface area contributed by atoms with E-state index in [9.17, 15) is 0 Å². The minimum atomic E-state index is -0.0246. The fourth-order valence-corrected chi connectivity index (χ4v) is 9.39. The van der Waals surface area contributed by atoms with Gasteiger partial charge in [-0.25, -0.2) is 0 Å². The van der Waals surface area contributed by atoms with Gasteiger partial charge in [-0.3, -0.25) is 0 Å². The first-order valence-electron chi connectivity index (χ1n) is 21.1. The summed E-state index contributed by atoms with van der Waals surface area (Å²) in [5, 5.41) is 0. The summed E-state index contributed by atoms with van der Waals surface area (Å²) < 4.78 is 0. The van der Waals surface area contributed by atoms with E-state index in [1.807, 2.05) is 0 Å². The van der Waals surface area contributed by atoms with Crippen LogP contribution in [0.4, 0.5) is 68.2 Å². The standard InChI is InChI=1S/C56H43BN4/c1-40-28-31-47(32-29-40)60-52-35-30-41(2)36-51(52)57-50-34-33-48(58(42-18-8-3-9-19-42)43-20-10-4-11-21-43)37-53(50)61(46-26-16-7-17-27-46)55-39-49(38-54(60)56(55)57)59(44-22-12-5-13-23-44)45-24-14-6-15-25-45/h3-39H,1-2H3. The second-order valence-corrected chi connectivity index (χ2v) is 16.0. The predicted octanol–water partition coefficient (Wildman–Crippen LogP) is 13.3. The smallest absolute Gasteiger partial charge is 0.252 e.